The largest absolute Gasteiger partial charge is 0.398 e. The Kier molecular flexibility index (Phi) is 2.83. The number of nitrogens with two attached hydrogens (primary N) is 1. The fourth-order valence-corrected chi connectivity index (χ4v) is 1.77. The Labute approximate surface area is 99.0 Å². The molecule has 0 atom stereocenters. The molecule has 5 heteroatoms. The number of rotatable bonds is 2. The molecule has 2 N–H and O–H groups in total. The fourth-order valence-electron chi connectivity index (χ4n) is 1.54. The minimum absolute atomic E-state index is 0.615. The average Bonchev–Trinajstić information content (AvgIpc) is 2.71. The highest BCUT2D eigenvalue weighted by molar-refractivity contribution is 6.31. The van der Waals surface area contributed by atoms with Crippen molar-refractivity contribution in [3.8, 4) is 11.3 Å². The molecule has 84 valence electrons. The van der Waals surface area contributed by atoms with Gasteiger partial charge in [0.15, 0.2) is 0 Å². The highest BCUT2D eigenvalue weighted by Gasteiger charge is 2.09. The van der Waals surface area contributed by atoms with Gasteiger partial charge in [-0.05, 0) is 31.5 Å². The third kappa shape index (κ3) is 1.88. The van der Waals surface area contributed by atoms with Crippen LogP contribution in [0.4, 0.5) is 5.69 Å². The van der Waals surface area contributed by atoms with Crippen LogP contribution < -0.4 is 5.73 Å². The summed E-state index contributed by atoms with van der Waals surface area (Å²) in [5.74, 6) is 0. The van der Waals surface area contributed by atoms with Crippen molar-refractivity contribution in [2.75, 3.05) is 5.73 Å². The lowest BCUT2D eigenvalue weighted by Gasteiger charge is -2.06. The smallest absolute Gasteiger partial charge is 0.113 e. The van der Waals surface area contributed by atoms with Gasteiger partial charge in [-0.25, -0.2) is 0 Å². The maximum atomic E-state index is 5.98. The van der Waals surface area contributed by atoms with Crippen LogP contribution in [0, 0.1) is 6.92 Å². The second-order valence-electron chi connectivity index (χ2n) is 3.59. The first-order valence-electron chi connectivity index (χ1n) is 5.08. The first-order valence-corrected chi connectivity index (χ1v) is 5.45. The van der Waals surface area contributed by atoms with Crippen LogP contribution in [0.15, 0.2) is 18.3 Å². The topological polar surface area (TPSA) is 56.7 Å². The fraction of sp³-hybridized carbons (Fsp3) is 0.273. The summed E-state index contributed by atoms with van der Waals surface area (Å²) in [6.07, 6.45) is 1.72. The van der Waals surface area contributed by atoms with Gasteiger partial charge in [-0.2, -0.15) is 15.0 Å². The molecule has 1 heterocycles. The number of hydrogen-bond acceptors (Lipinski definition) is 3. The summed E-state index contributed by atoms with van der Waals surface area (Å²) in [7, 11) is 0. The van der Waals surface area contributed by atoms with Crippen molar-refractivity contribution in [3.05, 3.63) is 28.9 Å². The summed E-state index contributed by atoms with van der Waals surface area (Å²) >= 11 is 5.98. The van der Waals surface area contributed by atoms with E-state index in [1.807, 2.05) is 19.9 Å². The number of nitrogens with zero attached hydrogens (tertiary/aromatic N) is 3. The molecular weight excluding hydrogens is 224 g/mol. The number of nitrogen functional groups attached to an aromatic ring is 1. The first-order chi connectivity index (χ1) is 7.61. The van der Waals surface area contributed by atoms with Gasteiger partial charge in [0.2, 0.25) is 0 Å². The lowest BCUT2D eigenvalue weighted by Crippen LogP contribution is -1.98. The molecule has 0 aliphatic rings. The van der Waals surface area contributed by atoms with Gasteiger partial charge in [-0.15, -0.1) is 0 Å². The summed E-state index contributed by atoms with van der Waals surface area (Å²) in [4.78, 5) is 1.63. The van der Waals surface area contributed by atoms with Crippen LogP contribution in [0.5, 0.6) is 0 Å². The average molecular weight is 237 g/mol. The minimum atomic E-state index is 0.615. The number of benzene rings is 1. The van der Waals surface area contributed by atoms with Gasteiger partial charge in [0.05, 0.1) is 12.7 Å². The normalized spacial score (nSPS) is 10.7. The van der Waals surface area contributed by atoms with Crippen molar-refractivity contribution in [2.45, 2.75) is 20.4 Å². The molecule has 0 aliphatic heterocycles. The number of aryl methyl sites for hydroxylation is 1. The summed E-state index contributed by atoms with van der Waals surface area (Å²) in [6.45, 7) is 4.68. The van der Waals surface area contributed by atoms with Gasteiger partial charge in [-0.1, -0.05) is 11.6 Å². The van der Waals surface area contributed by atoms with E-state index >= 15 is 0 Å². The third-order valence-corrected chi connectivity index (χ3v) is 2.73. The van der Waals surface area contributed by atoms with Gasteiger partial charge in [0, 0.05) is 16.3 Å². The van der Waals surface area contributed by atoms with Crippen LogP contribution in [0.25, 0.3) is 11.3 Å². The molecule has 1 aromatic carbocycles. The SMILES string of the molecule is CCn1ncc(-c2cc(Cl)cc(N)c2C)n1. The zero-order valence-corrected chi connectivity index (χ0v) is 9.99. The van der Waals surface area contributed by atoms with Crippen molar-refractivity contribution < 1.29 is 0 Å². The maximum Gasteiger partial charge on any atom is 0.113 e. The monoisotopic (exact) mass is 236 g/mol. The Balaban J connectivity index is 2.54. The molecule has 0 spiro atoms. The predicted octanol–water partition coefficient (Wildman–Crippen LogP) is 2.51. The third-order valence-electron chi connectivity index (χ3n) is 2.51. The Morgan fingerprint density at radius 2 is 2.19 bits per heavy atom. The van der Waals surface area contributed by atoms with E-state index in [1.165, 1.54) is 0 Å². The van der Waals surface area contributed by atoms with Crippen LogP contribution in [0.2, 0.25) is 5.02 Å². The summed E-state index contributed by atoms with van der Waals surface area (Å²) in [5.41, 5.74) is 9.25. The molecule has 1 aromatic heterocycles. The summed E-state index contributed by atoms with van der Waals surface area (Å²) in [6, 6.07) is 3.60. The van der Waals surface area contributed by atoms with E-state index < -0.39 is 0 Å². The second kappa shape index (κ2) is 4.14. The number of aromatic nitrogens is 3. The highest BCUT2D eigenvalue weighted by Crippen LogP contribution is 2.29. The Morgan fingerprint density at radius 1 is 1.44 bits per heavy atom. The van der Waals surface area contributed by atoms with E-state index in [9.17, 15) is 0 Å². The lowest BCUT2D eigenvalue weighted by molar-refractivity contribution is 0.571. The second-order valence-corrected chi connectivity index (χ2v) is 4.02. The zero-order chi connectivity index (χ0) is 11.7. The van der Waals surface area contributed by atoms with E-state index in [4.69, 9.17) is 17.3 Å². The Bertz CT molecular complexity index is 519. The van der Waals surface area contributed by atoms with Gasteiger partial charge in [-0.3, -0.25) is 0 Å². The molecule has 0 aliphatic carbocycles. The minimum Gasteiger partial charge on any atom is -0.398 e. The molecule has 0 radical (unpaired) electrons. The molecule has 2 aromatic rings. The van der Waals surface area contributed by atoms with E-state index in [2.05, 4.69) is 10.2 Å². The van der Waals surface area contributed by atoms with E-state index in [0.717, 1.165) is 23.4 Å². The number of anilines is 1. The summed E-state index contributed by atoms with van der Waals surface area (Å²) < 4.78 is 0. The van der Waals surface area contributed by atoms with Crippen LogP contribution in [0.3, 0.4) is 0 Å². The molecule has 0 bridgehead atoms. The van der Waals surface area contributed by atoms with Crippen LogP contribution in [0.1, 0.15) is 12.5 Å². The van der Waals surface area contributed by atoms with Crippen molar-refractivity contribution in [3.63, 3.8) is 0 Å². The lowest BCUT2D eigenvalue weighted by atomic mass is 10.0. The van der Waals surface area contributed by atoms with E-state index in [1.54, 1.807) is 17.1 Å². The maximum absolute atomic E-state index is 5.98. The van der Waals surface area contributed by atoms with Gasteiger partial charge >= 0.3 is 0 Å². The van der Waals surface area contributed by atoms with Crippen LogP contribution in [-0.2, 0) is 6.54 Å². The van der Waals surface area contributed by atoms with E-state index in [-0.39, 0.29) is 0 Å². The first kappa shape index (κ1) is 11.0. The molecule has 0 saturated heterocycles. The molecule has 4 nitrogen and oxygen atoms in total. The molecule has 0 amide bonds. The number of hydrogen-bond donors (Lipinski definition) is 1. The molecule has 2 rings (SSSR count). The Morgan fingerprint density at radius 3 is 2.81 bits per heavy atom. The predicted molar refractivity (Wildman–Crippen MR) is 65.3 cm³/mol. The molecule has 16 heavy (non-hydrogen) atoms. The highest BCUT2D eigenvalue weighted by atomic mass is 35.5. The van der Waals surface area contributed by atoms with Crippen molar-refractivity contribution in [1.82, 2.24) is 15.0 Å². The van der Waals surface area contributed by atoms with Crippen molar-refractivity contribution in [2.24, 2.45) is 0 Å². The van der Waals surface area contributed by atoms with Crippen molar-refractivity contribution in [1.29, 1.82) is 0 Å². The molecular formula is C11H13ClN4. The molecule has 0 unspecified atom stereocenters. The van der Waals surface area contributed by atoms with Gasteiger partial charge < -0.3 is 5.73 Å². The molecule has 0 fully saturated rings. The summed E-state index contributed by atoms with van der Waals surface area (Å²) in [5, 5.41) is 9.08. The Hall–Kier alpha value is -1.55. The zero-order valence-electron chi connectivity index (χ0n) is 9.24. The van der Waals surface area contributed by atoms with Crippen LogP contribution in [-0.4, -0.2) is 15.0 Å². The molecule has 0 saturated carbocycles. The van der Waals surface area contributed by atoms with E-state index in [0.29, 0.717) is 10.7 Å². The van der Waals surface area contributed by atoms with Crippen molar-refractivity contribution >= 4 is 17.3 Å². The van der Waals surface area contributed by atoms with Crippen LogP contribution >= 0.6 is 11.6 Å². The number of halogens is 1. The quantitative estimate of drug-likeness (QED) is 0.816. The van der Waals surface area contributed by atoms with Gasteiger partial charge in [0.25, 0.3) is 0 Å². The standard InChI is InChI=1S/C11H13ClN4/c1-3-16-14-6-11(15-16)9-4-8(12)5-10(13)7(9)2/h4-6H,3,13H2,1-2H3. The van der Waals surface area contributed by atoms with Gasteiger partial charge in [0.1, 0.15) is 5.69 Å².